The van der Waals surface area contributed by atoms with Gasteiger partial charge in [-0.15, -0.1) is 0 Å². The molecule has 1 aromatic carbocycles. The van der Waals surface area contributed by atoms with Gasteiger partial charge in [-0.1, -0.05) is 30.3 Å². The summed E-state index contributed by atoms with van der Waals surface area (Å²) in [6, 6.07) is 8.69. The molecule has 1 saturated heterocycles. The lowest BCUT2D eigenvalue weighted by Crippen LogP contribution is -2.51. The van der Waals surface area contributed by atoms with Crippen LogP contribution in [-0.4, -0.2) is 43.1 Å². The summed E-state index contributed by atoms with van der Waals surface area (Å²) in [5, 5.41) is 5.42. The Kier molecular flexibility index (Phi) is 8.06. The van der Waals surface area contributed by atoms with Crippen LogP contribution in [0.4, 0.5) is 4.79 Å². The van der Waals surface area contributed by atoms with E-state index in [-0.39, 0.29) is 18.8 Å². The van der Waals surface area contributed by atoms with Crippen LogP contribution < -0.4 is 10.6 Å². The summed E-state index contributed by atoms with van der Waals surface area (Å²) >= 11 is 0. The third kappa shape index (κ3) is 8.41. The Hall–Kier alpha value is -2.12. The normalized spacial score (nSPS) is 18.4. The molecular weight excluding hydrogens is 348 g/mol. The predicted octanol–water partition coefficient (Wildman–Crippen LogP) is 2.74. The van der Waals surface area contributed by atoms with Crippen LogP contribution in [0.1, 0.15) is 45.6 Å². The van der Waals surface area contributed by atoms with Crippen molar-refractivity contribution in [3.63, 3.8) is 0 Å². The molecule has 2 amide bonds. The Labute approximate surface area is 160 Å². The van der Waals surface area contributed by atoms with E-state index in [2.05, 4.69) is 10.6 Å². The molecule has 1 aromatic rings. The molecule has 1 heterocycles. The Bertz CT molecular complexity index is 594. The molecule has 0 aromatic heterocycles. The van der Waals surface area contributed by atoms with E-state index in [1.807, 2.05) is 30.3 Å². The highest BCUT2D eigenvalue weighted by molar-refractivity contribution is 5.85. The summed E-state index contributed by atoms with van der Waals surface area (Å²) in [5.74, 6) is -0.333. The lowest BCUT2D eigenvalue weighted by molar-refractivity contribution is -0.167. The number of benzene rings is 1. The van der Waals surface area contributed by atoms with Gasteiger partial charge in [0.25, 0.3) is 0 Å². The molecule has 0 radical (unpaired) electrons. The molecule has 0 aliphatic carbocycles. The third-order valence-corrected chi connectivity index (χ3v) is 3.90. The van der Waals surface area contributed by atoms with E-state index in [1.165, 1.54) is 0 Å². The highest BCUT2D eigenvalue weighted by atomic mass is 16.7. The first-order chi connectivity index (χ1) is 12.8. The van der Waals surface area contributed by atoms with Gasteiger partial charge in [0.2, 0.25) is 5.91 Å². The van der Waals surface area contributed by atoms with Gasteiger partial charge in [0.05, 0.1) is 6.61 Å². The monoisotopic (exact) mass is 378 g/mol. The maximum Gasteiger partial charge on any atom is 0.408 e. The Morgan fingerprint density at radius 2 is 1.96 bits per heavy atom. The Morgan fingerprint density at radius 1 is 1.22 bits per heavy atom. The minimum Gasteiger partial charge on any atom is -0.444 e. The summed E-state index contributed by atoms with van der Waals surface area (Å²) in [5.41, 5.74) is 0.320. The zero-order chi connectivity index (χ0) is 19.7. The minimum atomic E-state index is -0.867. The second kappa shape index (κ2) is 10.3. The highest BCUT2D eigenvalue weighted by Gasteiger charge is 2.26. The summed E-state index contributed by atoms with van der Waals surface area (Å²) in [6.45, 7) is 6.34. The molecule has 2 atom stereocenters. The van der Waals surface area contributed by atoms with Crippen LogP contribution in [0.15, 0.2) is 30.3 Å². The summed E-state index contributed by atoms with van der Waals surface area (Å²) in [7, 11) is 0. The van der Waals surface area contributed by atoms with Crippen molar-refractivity contribution in [3.8, 4) is 0 Å². The Morgan fingerprint density at radius 3 is 2.59 bits per heavy atom. The van der Waals surface area contributed by atoms with Gasteiger partial charge >= 0.3 is 6.09 Å². The maximum absolute atomic E-state index is 12.6. The fraction of sp³-hybridized carbons (Fsp3) is 0.600. The van der Waals surface area contributed by atoms with E-state index in [4.69, 9.17) is 14.2 Å². The lowest BCUT2D eigenvalue weighted by atomic mass is 10.2. The molecule has 0 spiro atoms. The number of carbonyl (C=O) groups excluding carboxylic acids is 2. The van der Waals surface area contributed by atoms with Crippen molar-refractivity contribution in [1.29, 1.82) is 0 Å². The topological polar surface area (TPSA) is 85.9 Å². The molecule has 2 unspecified atom stereocenters. The standard InChI is InChI=1S/C20H30N2O5/c1-20(2,3)27-19(24)22-16(14-26-17-11-7-8-12-25-17)18(23)21-13-15-9-5-4-6-10-15/h4-6,9-10,16-17H,7-8,11-14H2,1-3H3,(H,21,23)(H,22,24). The van der Waals surface area contributed by atoms with Crippen LogP contribution >= 0.6 is 0 Å². The second-order valence-corrected chi connectivity index (χ2v) is 7.53. The number of ether oxygens (including phenoxy) is 3. The zero-order valence-corrected chi connectivity index (χ0v) is 16.3. The average molecular weight is 378 g/mol. The van der Waals surface area contributed by atoms with E-state index in [9.17, 15) is 9.59 Å². The first-order valence-corrected chi connectivity index (χ1v) is 9.38. The van der Waals surface area contributed by atoms with Crippen molar-refractivity contribution in [2.75, 3.05) is 13.2 Å². The van der Waals surface area contributed by atoms with Gasteiger partial charge in [0.1, 0.15) is 11.6 Å². The molecule has 1 fully saturated rings. The second-order valence-electron chi connectivity index (χ2n) is 7.53. The van der Waals surface area contributed by atoms with Gasteiger partial charge in [0, 0.05) is 13.2 Å². The average Bonchev–Trinajstić information content (AvgIpc) is 2.63. The third-order valence-electron chi connectivity index (χ3n) is 3.90. The smallest absolute Gasteiger partial charge is 0.408 e. The first-order valence-electron chi connectivity index (χ1n) is 9.38. The lowest BCUT2D eigenvalue weighted by Gasteiger charge is -2.26. The van der Waals surface area contributed by atoms with Crippen LogP contribution in [0.5, 0.6) is 0 Å². The quantitative estimate of drug-likeness (QED) is 0.762. The van der Waals surface area contributed by atoms with E-state index >= 15 is 0 Å². The number of hydrogen-bond acceptors (Lipinski definition) is 5. The first kappa shape index (κ1) is 21.2. The fourth-order valence-electron chi connectivity index (χ4n) is 2.59. The predicted molar refractivity (Wildman–Crippen MR) is 101 cm³/mol. The molecule has 0 saturated carbocycles. The molecule has 150 valence electrons. The minimum absolute atomic E-state index is 0.0184. The van der Waals surface area contributed by atoms with Crippen molar-refractivity contribution in [2.45, 2.75) is 64.5 Å². The zero-order valence-electron chi connectivity index (χ0n) is 16.3. The van der Waals surface area contributed by atoms with Crippen molar-refractivity contribution < 1.29 is 23.8 Å². The van der Waals surface area contributed by atoms with Crippen molar-refractivity contribution >= 4 is 12.0 Å². The van der Waals surface area contributed by atoms with Crippen LogP contribution in [0.25, 0.3) is 0 Å². The van der Waals surface area contributed by atoms with Crippen LogP contribution in [0.2, 0.25) is 0 Å². The molecular formula is C20H30N2O5. The SMILES string of the molecule is CC(C)(C)OC(=O)NC(COC1CCCCO1)C(=O)NCc1ccccc1. The summed E-state index contributed by atoms with van der Waals surface area (Å²) < 4.78 is 16.5. The number of amides is 2. The molecule has 2 rings (SSSR count). The molecule has 2 N–H and O–H groups in total. The molecule has 1 aliphatic heterocycles. The van der Waals surface area contributed by atoms with Gasteiger partial charge in [-0.2, -0.15) is 0 Å². The number of carbonyl (C=O) groups is 2. The Balaban J connectivity index is 1.91. The van der Waals surface area contributed by atoms with Crippen LogP contribution in [-0.2, 0) is 25.5 Å². The highest BCUT2D eigenvalue weighted by Crippen LogP contribution is 2.14. The van der Waals surface area contributed by atoms with Gasteiger partial charge in [-0.25, -0.2) is 4.79 Å². The molecule has 1 aliphatic rings. The van der Waals surface area contributed by atoms with Crippen LogP contribution in [0, 0.1) is 0 Å². The number of nitrogens with one attached hydrogen (secondary N) is 2. The number of alkyl carbamates (subject to hydrolysis) is 1. The van der Waals surface area contributed by atoms with E-state index in [0.29, 0.717) is 13.2 Å². The van der Waals surface area contributed by atoms with E-state index < -0.39 is 17.7 Å². The maximum atomic E-state index is 12.6. The van der Waals surface area contributed by atoms with Gasteiger partial charge < -0.3 is 24.8 Å². The largest absolute Gasteiger partial charge is 0.444 e. The van der Waals surface area contributed by atoms with Crippen molar-refractivity contribution in [3.05, 3.63) is 35.9 Å². The molecule has 7 nitrogen and oxygen atoms in total. The van der Waals surface area contributed by atoms with E-state index in [1.54, 1.807) is 20.8 Å². The summed E-state index contributed by atoms with van der Waals surface area (Å²) in [4.78, 5) is 24.7. The number of rotatable bonds is 7. The van der Waals surface area contributed by atoms with Crippen molar-refractivity contribution in [2.24, 2.45) is 0 Å². The molecule has 27 heavy (non-hydrogen) atoms. The molecule has 0 bridgehead atoms. The molecule has 7 heteroatoms. The van der Waals surface area contributed by atoms with E-state index in [0.717, 1.165) is 24.8 Å². The van der Waals surface area contributed by atoms with Crippen LogP contribution in [0.3, 0.4) is 0 Å². The summed E-state index contributed by atoms with van der Waals surface area (Å²) in [6.07, 6.45) is 1.82. The number of hydrogen-bond donors (Lipinski definition) is 2. The van der Waals surface area contributed by atoms with Gasteiger partial charge in [-0.3, -0.25) is 4.79 Å². The van der Waals surface area contributed by atoms with Crippen molar-refractivity contribution in [1.82, 2.24) is 10.6 Å². The van der Waals surface area contributed by atoms with Gasteiger partial charge in [0.15, 0.2) is 6.29 Å². The van der Waals surface area contributed by atoms with Gasteiger partial charge in [-0.05, 0) is 45.6 Å². The fourth-order valence-corrected chi connectivity index (χ4v) is 2.59.